The molecule has 14 heavy (non-hydrogen) atoms. The van der Waals surface area contributed by atoms with Crippen LogP contribution in [0, 0.1) is 5.82 Å². The lowest BCUT2D eigenvalue weighted by atomic mass is 10.1. The molecule has 1 aromatic rings. The van der Waals surface area contributed by atoms with E-state index in [1.165, 1.54) is 7.11 Å². The van der Waals surface area contributed by atoms with Crippen LogP contribution < -0.4 is 10.5 Å². The highest BCUT2D eigenvalue weighted by Gasteiger charge is 2.11. The van der Waals surface area contributed by atoms with Crippen molar-refractivity contribution in [3.05, 3.63) is 28.5 Å². The second-order valence-electron chi connectivity index (χ2n) is 2.95. The minimum Gasteiger partial charge on any atom is -0.495 e. The van der Waals surface area contributed by atoms with Crippen LogP contribution in [0.15, 0.2) is 12.1 Å². The van der Waals surface area contributed by atoms with Crippen molar-refractivity contribution < 1.29 is 9.13 Å². The van der Waals surface area contributed by atoms with E-state index in [0.29, 0.717) is 24.3 Å². The topological polar surface area (TPSA) is 35.2 Å². The van der Waals surface area contributed by atoms with E-state index in [0.717, 1.165) is 6.42 Å². The Morgan fingerprint density at radius 1 is 1.50 bits per heavy atom. The molecule has 0 amide bonds. The molecule has 2 N–H and O–H groups in total. The van der Waals surface area contributed by atoms with Gasteiger partial charge in [-0.3, -0.25) is 0 Å². The lowest BCUT2D eigenvalue weighted by Crippen LogP contribution is -2.02. The summed E-state index contributed by atoms with van der Waals surface area (Å²) in [5.41, 5.74) is 5.92. The van der Waals surface area contributed by atoms with E-state index in [1.807, 2.05) is 0 Å². The van der Waals surface area contributed by atoms with Crippen molar-refractivity contribution in [1.29, 1.82) is 0 Å². The highest BCUT2D eigenvalue weighted by Crippen LogP contribution is 2.29. The van der Waals surface area contributed by atoms with Gasteiger partial charge in [-0.25, -0.2) is 4.39 Å². The summed E-state index contributed by atoms with van der Waals surface area (Å²) < 4.78 is 18.4. The van der Waals surface area contributed by atoms with Gasteiger partial charge in [-0.2, -0.15) is 0 Å². The van der Waals surface area contributed by atoms with Gasteiger partial charge in [0.05, 0.1) is 7.11 Å². The van der Waals surface area contributed by atoms with Crippen LogP contribution in [0.1, 0.15) is 12.0 Å². The molecule has 78 valence electrons. The predicted octanol–water partition coefficient (Wildman–Crippen LogP) is 2.38. The Bertz CT molecular complexity index is 317. The summed E-state index contributed by atoms with van der Waals surface area (Å²) >= 11 is 5.75. The Labute approximate surface area is 87.8 Å². The number of benzene rings is 1. The average molecular weight is 218 g/mol. The van der Waals surface area contributed by atoms with Crippen molar-refractivity contribution in [2.75, 3.05) is 13.7 Å². The first-order valence-corrected chi connectivity index (χ1v) is 4.79. The lowest BCUT2D eigenvalue weighted by Gasteiger charge is -2.07. The molecule has 1 aromatic carbocycles. The third kappa shape index (κ3) is 2.36. The van der Waals surface area contributed by atoms with E-state index in [1.54, 1.807) is 12.1 Å². The van der Waals surface area contributed by atoms with Crippen LogP contribution in [0.5, 0.6) is 5.75 Å². The molecule has 0 aliphatic rings. The number of hydrogen-bond donors (Lipinski definition) is 1. The maximum Gasteiger partial charge on any atom is 0.148 e. The van der Waals surface area contributed by atoms with Gasteiger partial charge in [-0.15, -0.1) is 0 Å². The molecule has 2 nitrogen and oxygen atoms in total. The number of hydrogen-bond acceptors (Lipinski definition) is 2. The largest absolute Gasteiger partial charge is 0.495 e. The number of aryl methyl sites for hydroxylation is 1. The SMILES string of the molecule is COc1ccc(CCCN)c(F)c1Cl. The zero-order valence-corrected chi connectivity index (χ0v) is 8.77. The van der Waals surface area contributed by atoms with Crippen molar-refractivity contribution in [3.8, 4) is 5.75 Å². The van der Waals surface area contributed by atoms with Crippen LogP contribution >= 0.6 is 11.6 Å². The molecule has 4 heteroatoms. The molecule has 0 atom stereocenters. The Hall–Kier alpha value is -0.800. The summed E-state index contributed by atoms with van der Waals surface area (Å²) in [5, 5.41) is 0.0435. The van der Waals surface area contributed by atoms with Gasteiger partial charge in [0.25, 0.3) is 0 Å². The van der Waals surface area contributed by atoms with Gasteiger partial charge in [0.2, 0.25) is 0 Å². The summed E-state index contributed by atoms with van der Waals surface area (Å²) in [6.45, 7) is 0.545. The summed E-state index contributed by atoms with van der Waals surface area (Å²) in [4.78, 5) is 0. The van der Waals surface area contributed by atoms with Crippen LogP contribution in [0.25, 0.3) is 0 Å². The Kier molecular flexibility index (Phi) is 4.17. The smallest absolute Gasteiger partial charge is 0.148 e. The quantitative estimate of drug-likeness (QED) is 0.841. The minimum absolute atomic E-state index is 0.0435. The molecule has 0 aliphatic heterocycles. The van der Waals surface area contributed by atoms with Crippen LogP contribution in [0.2, 0.25) is 5.02 Å². The van der Waals surface area contributed by atoms with Gasteiger partial charge in [-0.05, 0) is 31.0 Å². The Balaban J connectivity index is 2.92. The molecule has 0 aromatic heterocycles. The van der Waals surface area contributed by atoms with E-state index in [-0.39, 0.29) is 5.02 Å². The fourth-order valence-corrected chi connectivity index (χ4v) is 1.48. The van der Waals surface area contributed by atoms with Crippen LogP contribution in [0.4, 0.5) is 4.39 Å². The average Bonchev–Trinajstić information content (AvgIpc) is 2.20. The molecule has 0 unspecified atom stereocenters. The van der Waals surface area contributed by atoms with Crippen LogP contribution in [0.3, 0.4) is 0 Å². The first-order chi connectivity index (χ1) is 6.70. The molecule has 0 saturated carbocycles. The highest BCUT2D eigenvalue weighted by atomic mass is 35.5. The van der Waals surface area contributed by atoms with Crippen molar-refractivity contribution in [2.24, 2.45) is 5.73 Å². The van der Waals surface area contributed by atoms with Gasteiger partial charge in [0, 0.05) is 0 Å². The molecule has 0 fully saturated rings. The van der Waals surface area contributed by atoms with E-state index in [9.17, 15) is 4.39 Å². The van der Waals surface area contributed by atoms with Gasteiger partial charge in [0.1, 0.15) is 16.6 Å². The first kappa shape index (κ1) is 11.3. The van der Waals surface area contributed by atoms with Gasteiger partial charge in [-0.1, -0.05) is 17.7 Å². The number of rotatable bonds is 4. The number of nitrogens with two attached hydrogens (primary N) is 1. The van der Waals surface area contributed by atoms with E-state index < -0.39 is 5.82 Å². The minimum atomic E-state index is -0.403. The standard InChI is InChI=1S/C10H13ClFNO/c1-14-8-5-4-7(3-2-6-13)10(12)9(8)11/h4-5H,2-3,6,13H2,1H3. The van der Waals surface area contributed by atoms with Gasteiger partial charge >= 0.3 is 0 Å². The fraction of sp³-hybridized carbons (Fsp3) is 0.400. The van der Waals surface area contributed by atoms with Crippen molar-refractivity contribution in [3.63, 3.8) is 0 Å². The molecule has 0 spiro atoms. The number of ether oxygens (including phenoxy) is 1. The molecule has 0 radical (unpaired) electrons. The highest BCUT2D eigenvalue weighted by molar-refractivity contribution is 6.32. The number of halogens is 2. The second-order valence-corrected chi connectivity index (χ2v) is 3.33. The lowest BCUT2D eigenvalue weighted by molar-refractivity contribution is 0.411. The Morgan fingerprint density at radius 3 is 2.79 bits per heavy atom. The molecule has 0 aliphatic carbocycles. The predicted molar refractivity (Wildman–Crippen MR) is 55.3 cm³/mol. The summed E-state index contributed by atoms with van der Waals surface area (Å²) in [6.07, 6.45) is 1.35. The van der Waals surface area contributed by atoms with Gasteiger partial charge in [0.15, 0.2) is 0 Å². The van der Waals surface area contributed by atoms with E-state index in [2.05, 4.69) is 0 Å². The molecular weight excluding hydrogens is 205 g/mol. The zero-order chi connectivity index (χ0) is 10.6. The monoisotopic (exact) mass is 217 g/mol. The van der Waals surface area contributed by atoms with E-state index in [4.69, 9.17) is 22.1 Å². The van der Waals surface area contributed by atoms with Crippen LogP contribution in [-0.4, -0.2) is 13.7 Å². The van der Waals surface area contributed by atoms with Crippen molar-refractivity contribution in [1.82, 2.24) is 0 Å². The normalized spacial score (nSPS) is 10.3. The van der Waals surface area contributed by atoms with Gasteiger partial charge < -0.3 is 10.5 Å². The second kappa shape index (κ2) is 5.17. The van der Waals surface area contributed by atoms with Crippen molar-refractivity contribution in [2.45, 2.75) is 12.8 Å². The summed E-state index contributed by atoms with van der Waals surface area (Å²) in [6, 6.07) is 3.34. The van der Waals surface area contributed by atoms with Crippen LogP contribution in [-0.2, 0) is 6.42 Å². The molecule has 0 saturated heterocycles. The third-order valence-corrected chi connectivity index (χ3v) is 2.35. The summed E-state index contributed by atoms with van der Waals surface area (Å²) in [5.74, 6) is -0.0415. The van der Waals surface area contributed by atoms with Crippen molar-refractivity contribution >= 4 is 11.6 Å². The number of methoxy groups -OCH3 is 1. The van der Waals surface area contributed by atoms with E-state index >= 15 is 0 Å². The maximum atomic E-state index is 13.5. The third-order valence-electron chi connectivity index (χ3n) is 2.00. The first-order valence-electron chi connectivity index (χ1n) is 4.41. The molecule has 0 bridgehead atoms. The molecular formula is C10H13ClFNO. The molecule has 0 heterocycles. The fourth-order valence-electron chi connectivity index (χ4n) is 1.21. The maximum absolute atomic E-state index is 13.5. The summed E-state index contributed by atoms with van der Waals surface area (Å²) in [7, 11) is 1.46. The molecule has 1 rings (SSSR count). The zero-order valence-electron chi connectivity index (χ0n) is 8.02. The Morgan fingerprint density at radius 2 is 2.21 bits per heavy atom.